The molecule has 1 amide bonds. The highest BCUT2D eigenvalue weighted by Crippen LogP contribution is 2.23. The number of halogens is 2. The van der Waals surface area contributed by atoms with E-state index < -0.39 is 0 Å². The van der Waals surface area contributed by atoms with E-state index in [0.29, 0.717) is 27.6 Å². The van der Waals surface area contributed by atoms with Gasteiger partial charge in [-0.3, -0.25) is 9.48 Å². The fourth-order valence-corrected chi connectivity index (χ4v) is 3.64. The number of nitrogens with zero attached hydrogens (tertiary/aromatic N) is 2. The number of hydrogen-bond acceptors (Lipinski definition) is 4. The number of carbonyl (C=O) groups is 1. The van der Waals surface area contributed by atoms with E-state index in [9.17, 15) is 4.79 Å². The molecule has 0 aliphatic rings. The summed E-state index contributed by atoms with van der Waals surface area (Å²) >= 11 is 9.37. The van der Waals surface area contributed by atoms with Crippen molar-refractivity contribution >= 4 is 39.3 Å². The van der Waals surface area contributed by atoms with Crippen molar-refractivity contribution in [3.63, 3.8) is 0 Å². The minimum absolute atomic E-state index is 0.184. The van der Waals surface area contributed by atoms with E-state index in [2.05, 4.69) is 26.3 Å². The molecule has 0 fully saturated rings. The number of furan rings is 1. The van der Waals surface area contributed by atoms with Crippen LogP contribution in [0.3, 0.4) is 0 Å². The van der Waals surface area contributed by atoms with Gasteiger partial charge in [-0.2, -0.15) is 5.10 Å². The smallest absolute Gasteiger partial charge is 0.292 e. The van der Waals surface area contributed by atoms with Crippen molar-refractivity contribution in [1.82, 2.24) is 9.78 Å². The lowest BCUT2D eigenvalue weighted by Crippen LogP contribution is -2.12. The first-order valence-corrected chi connectivity index (χ1v) is 11.1. The zero-order valence-electron chi connectivity index (χ0n) is 17.6. The van der Waals surface area contributed by atoms with E-state index in [1.807, 2.05) is 56.3 Å². The summed E-state index contributed by atoms with van der Waals surface area (Å²) in [5.41, 5.74) is 3.20. The maximum atomic E-state index is 12.6. The number of anilines is 1. The van der Waals surface area contributed by atoms with Crippen LogP contribution in [0.2, 0.25) is 5.02 Å². The zero-order valence-corrected chi connectivity index (χ0v) is 19.9. The lowest BCUT2D eigenvalue weighted by molar-refractivity contribution is 0.0992. The minimum atomic E-state index is -0.388. The average Bonchev–Trinajstić information content (AvgIpc) is 3.37. The molecular weight excluding hydrogens is 494 g/mol. The molecule has 8 heteroatoms. The van der Waals surface area contributed by atoms with Gasteiger partial charge in [-0.1, -0.05) is 35.9 Å². The fourth-order valence-electron chi connectivity index (χ4n) is 3.10. The molecule has 4 aromatic rings. The predicted octanol–water partition coefficient (Wildman–Crippen LogP) is 6.39. The highest BCUT2D eigenvalue weighted by molar-refractivity contribution is 9.10. The molecule has 0 spiro atoms. The molecule has 0 radical (unpaired) electrons. The number of ether oxygens (including phenoxy) is 1. The van der Waals surface area contributed by atoms with Gasteiger partial charge < -0.3 is 14.5 Å². The van der Waals surface area contributed by atoms with Gasteiger partial charge in [-0.25, -0.2) is 0 Å². The molecule has 0 unspecified atom stereocenters. The maximum absolute atomic E-state index is 12.6. The molecule has 0 aliphatic carbocycles. The zero-order chi connectivity index (χ0) is 22.7. The van der Waals surface area contributed by atoms with Gasteiger partial charge >= 0.3 is 0 Å². The van der Waals surface area contributed by atoms with E-state index in [-0.39, 0.29) is 18.3 Å². The lowest BCUT2D eigenvalue weighted by Gasteiger charge is -2.08. The van der Waals surface area contributed by atoms with Gasteiger partial charge in [-0.05, 0) is 76.8 Å². The summed E-state index contributed by atoms with van der Waals surface area (Å²) in [5, 5.41) is 7.89. The number of carbonyl (C=O) groups excluding carboxylic acids is 1. The van der Waals surface area contributed by atoms with Crippen LogP contribution in [0.1, 0.15) is 33.0 Å². The van der Waals surface area contributed by atoms with Gasteiger partial charge in [0.2, 0.25) is 0 Å². The molecule has 4 rings (SSSR count). The Kier molecular flexibility index (Phi) is 6.67. The number of rotatable bonds is 7. The highest BCUT2D eigenvalue weighted by Gasteiger charge is 2.16. The number of benzene rings is 2. The Bertz CT molecular complexity index is 1250. The largest absolute Gasteiger partial charge is 0.485 e. The molecule has 0 aliphatic heterocycles. The summed E-state index contributed by atoms with van der Waals surface area (Å²) in [5.74, 6) is 1.56. The number of amides is 1. The van der Waals surface area contributed by atoms with Crippen LogP contribution >= 0.6 is 27.5 Å². The van der Waals surface area contributed by atoms with Crippen LogP contribution in [-0.2, 0) is 13.2 Å². The molecule has 0 saturated heterocycles. The molecule has 2 aromatic carbocycles. The van der Waals surface area contributed by atoms with Crippen LogP contribution in [0.4, 0.5) is 5.82 Å². The number of hydrogen-bond donors (Lipinski definition) is 1. The first kappa shape index (κ1) is 22.2. The average molecular weight is 515 g/mol. The standard InChI is InChI=1S/C24H21BrClN3O3/c1-15-3-4-16(2)22(11-15)31-14-19-9-10-21(32-19)24(30)27-23-20(25)13-29(28-23)12-17-5-7-18(26)8-6-17/h3-11,13H,12,14H2,1-2H3,(H,27,28,30). The van der Waals surface area contributed by atoms with Crippen LogP contribution in [0.25, 0.3) is 0 Å². The highest BCUT2D eigenvalue weighted by atomic mass is 79.9. The predicted molar refractivity (Wildman–Crippen MR) is 127 cm³/mol. The second-order valence-corrected chi connectivity index (χ2v) is 8.72. The van der Waals surface area contributed by atoms with Crippen molar-refractivity contribution in [3.05, 3.63) is 98.5 Å². The van der Waals surface area contributed by atoms with Crippen molar-refractivity contribution in [2.75, 3.05) is 5.32 Å². The Labute approximate surface area is 199 Å². The molecule has 0 saturated carbocycles. The molecule has 0 atom stereocenters. The minimum Gasteiger partial charge on any atom is -0.485 e. The first-order valence-electron chi connectivity index (χ1n) is 9.95. The molecule has 2 aromatic heterocycles. The van der Waals surface area contributed by atoms with E-state index in [1.165, 1.54) is 0 Å². The molecular formula is C24H21BrClN3O3. The van der Waals surface area contributed by atoms with Gasteiger partial charge in [0.1, 0.15) is 18.1 Å². The van der Waals surface area contributed by atoms with Crippen molar-refractivity contribution < 1.29 is 13.9 Å². The molecule has 32 heavy (non-hydrogen) atoms. The quantitative estimate of drug-likeness (QED) is 0.310. The molecule has 0 bridgehead atoms. The van der Waals surface area contributed by atoms with Gasteiger partial charge in [0.15, 0.2) is 11.6 Å². The van der Waals surface area contributed by atoms with Crippen molar-refractivity contribution in [1.29, 1.82) is 0 Å². The molecule has 1 N–H and O–H groups in total. The normalized spacial score (nSPS) is 10.9. The number of aryl methyl sites for hydroxylation is 2. The second-order valence-electron chi connectivity index (χ2n) is 7.43. The van der Waals surface area contributed by atoms with Crippen LogP contribution in [0.5, 0.6) is 5.75 Å². The van der Waals surface area contributed by atoms with Crippen molar-refractivity contribution in [2.45, 2.75) is 27.0 Å². The lowest BCUT2D eigenvalue weighted by atomic mass is 10.1. The second kappa shape index (κ2) is 9.63. The van der Waals surface area contributed by atoms with Crippen LogP contribution in [-0.4, -0.2) is 15.7 Å². The van der Waals surface area contributed by atoms with Gasteiger partial charge in [0.25, 0.3) is 5.91 Å². The molecule has 164 valence electrons. The number of aromatic nitrogens is 2. The summed E-state index contributed by atoms with van der Waals surface area (Å²) in [6.45, 7) is 4.78. The summed E-state index contributed by atoms with van der Waals surface area (Å²) in [6, 6.07) is 16.9. The topological polar surface area (TPSA) is 69.3 Å². The monoisotopic (exact) mass is 513 g/mol. The van der Waals surface area contributed by atoms with Crippen LogP contribution in [0, 0.1) is 13.8 Å². The van der Waals surface area contributed by atoms with Gasteiger partial charge in [0.05, 0.1) is 11.0 Å². The van der Waals surface area contributed by atoms with Crippen molar-refractivity contribution in [3.8, 4) is 5.75 Å². The first-order chi connectivity index (χ1) is 15.4. The van der Waals surface area contributed by atoms with Gasteiger partial charge in [-0.15, -0.1) is 0 Å². The SMILES string of the molecule is Cc1ccc(C)c(OCc2ccc(C(=O)Nc3nn(Cc4ccc(Cl)cc4)cc3Br)o2)c1. The van der Waals surface area contributed by atoms with E-state index in [1.54, 1.807) is 23.0 Å². The summed E-state index contributed by atoms with van der Waals surface area (Å²) in [4.78, 5) is 12.6. The molecule has 6 nitrogen and oxygen atoms in total. The molecule has 2 heterocycles. The fraction of sp³-hybridized carbons (Fsp3) is 0.167. The van der Waals surface area contributed by atoms with Crippen molar-refractivity contribution in [2.24, 2.45) is 0 Å². The van der Waals surface area contributed by atoms with E-state index in [0.717, 1.165) is 22.4 Å². The summed E-state index contributed by atoms with van der Waals surface area (Å²) in [7, 11) is 0. The third-order valence-corrected chi connectivity index (χ3v) is 5.64. The van der Waals surface area contributed by atoms with Crippen LogP contribution < -0.4 is 10.1 Å². The third kappa shape index (κ3) is 5.41. The Morgan fingerprint density at radius 3 is 2.72 bits per heavy atom. The van der Waals surface area contributed by atoms with E-state index in [4.69, 9.17) is 20.8 Å². The van der Waals surface area contributed by atoms with E-state index >= 15 is 0 Å². The van der Waals surface area contributed by atoms with Crippen LogP contribution in [0.15, 0.2) is 69.7 Å². The Morgan fingerprint density at radius 2 is 1.94 bits per heavy atom. The third-order valence-electron chi connectivity index (χ3n) is 4.81. The number of nitrogens with one attached hydrogen (secondary N) is 1. The van der Waals surface area contributed by atoms with Gasteiger partial charge in [0, 0.05) is 11.2 Å². The Balaban J connectivity index is 1.38. The summed E-state index contributed by atoms with van der Waals surface area (Å²) in [6.07, 6.45) is 1.80. The summed E-state index contributed by atoms with van der Waals surface area (Å²) < 4.78 is 13.9. The maximum Gasteiger partial charge on any atom is 0.292 e. The Morgan fingerprint density at radius 1 is 1.16 bits per heavy atom. The Hall–Kier alpha value is -3.03.